The number of carbonyl (C=O) groups is 4. The Kier molecular flexibility index (Phi) is 15.1. The maximum absolute atomic E-state index is 14.7. The maximum Gasteiger partial charge on any atom is 2.00 e. The first-order valence-electron chi connectivity index (χ1n) is 30.4. The summed E-state index contributed by atoms with van der Waals surface area (Å²) >= 11 is 0. The Labute approximate surface area is 534 Å². The van der Waals surface area contributed by atoms with E-state index in [9.17, 15) is 19.2 Å². The molecule has 8 bridgehead atoms. The summed E-state index contributed by atoms with van der Waals surface area (Å²) in [6.45, 7) is 18.7. The Hall–Kier alpha value is -8.93. The molecule has 4 N–H and O–H groups in total. The van der Waals surface area contributed by atoms with E-state index in [0.29, 0.717) is 142 Å². The van der Waals surface area contributed by atoms with Crippen LogP contribution >= 0.6 is 0 Å². The first kappa shape index (κ1) is 61.3. The second kappa shape index (κ2) is 22.2. The molecule has 2 aliphatic heterocycles. The zero-order valence-electron chi connectivity index (χ0n) is 53.0. The molecule has 4 aliphatic carbocycles. The van der Waals surface area contributed by atoms with E-state index in [-0.39, 0.29) is 79.8 Å². The third kappa shape index (κ3) is 10.6. The van der Waals surface area contributed by atoms with Gasteiger partial charge in [0, 0.05) is 40.0 Å². The number of fused-ring (bicyclic) bond motifs is 8. The Morgan fingerprint density at radius 2 is 0.656 bits per heavy atom. The van der Waals surface area contributed by atoms with Gasteiger partial charge in [-0.2, -0.15) is 0 Å². The molecule has 0 spiro atoms. The summed E-state index contributed by atoms with van der Waals surface area (Å²) in [6.07, 6.45) is 10.5. The molecule has 4 aromatic carbocycles. The fraction of sp³-hybridized carbons (Fsp3) is 0.342. The van der Waals surface area contributed by atoms with Crippen LogP contribution in [0.2, 0.25) is 0 Å². The molecular formula is C73H74CoN8O8. The van der Waals surface area contributed by atoms with Gasteiger partial charge < -0.3 is 50.2 Å². The van der Waals surface area contributed by atoms with E-state index in [4.69, 9.17) is 38.9 Å². The van der Waals surface area contributed by atoms with E-state index in [1.165, 1.54) is 0 Å². The number of hydrogen-bond donors (Lipinski definition) is 4. The van der Waals surface area contributed by atoms with Crippen molar-refractivity contribution in [3.63, 3.8) is 0 Å². The molecule has 6 aliphatic rings. The van der Waals surface area contributed by atoms with Gasteiger partial charge in [-0.05, 0) is 131 Å². The van der Waals surface area contributed by atoms with Gasteiger partial charge in [0.2, 0.25) is 23.6 Å². The smallest absolute Gasteiger partial charge is 0.657 e. The van der Waals surface area contributed by atoms with Crippen LogP contribution in [0.4, 0.5) is 22.7 Å². The SMILES string of the molecule is COc1cccc(OC)c1-c1c2nc(c(-c3c(NC(=O)[C@H]4CC4(C)C)cccc3NC(=O)[C@@]3(C)CC3(C)C)c3ccc([n-]3)c(-c3c(OC)cccc3OC)c3nc(c(-c4c(NC(=O)[C@H]5CC5(C)C)cccc4NC(=O)[C@H]4CC4(C)C)c4ccc1[n-]4)C=C3)C=C2.[Co+2]. The van der Waals surface area contributed by atoms with Crippen LogP contribution in [0.3, 0.4) is 0 Å². The van der Waals surface area contributed by atoms with E-state index < -0.39 is 5.41 Å². The summed E-state index contributed by atoms with van der Waals surface area (Å²) < 4.78 is 24.7. The van der Waals surface area contributed by atoms with Crippen molar-refractivity contribution in [2.75, 3.05) is 49.7 Å². The number of amides is 4. The Bertz CT molecular complexity index is 4280. The van der Waals surface area contributed by atoms with Gasteiger partial charge in [-0.3, -0.25) is 19.2 Å². The first-order chi connectivity index (χ1) is 42.4. The maximum atomic E-state index is 14.7. The molecule has 4 fully saturated rings. The number of benzene rings is 4. The van der Waals surface area contributed by atoms with E-state index in [0.717, 1.165) is 19.3 Å². The minimum Gasteiger partial charge on any atom is -0.657 e. The molecule has 3 aromatic heterocycles. The number of nitrogens with one attached hydrogen (secondary N) is 4. The van der Waals surface area contributed by atoms with Crippen LogP contribution < -0.4 is 50.2 Å². The second-order valence-corrected chi connectivity index (χ2v) is 27.4. The molecule has 0 unspecified atom stereocenters. The van der Waals surface area contributed by atoms with Crippen molar-refractivity contribution in [1.82, 2.24) is 19.9 Å². The van der Waals surface area contributed by atoms with Gasteiger partial charge in [0.05, 0.1) is 90.5 Å². The molecule has 4 saturated carbocycles. The molecule has 4 atom stereocenters. The van der Waals surface area contributed by atoms with Gasteiger partial charge >= 0.3 is 16.8 Å². The molecule has 16 nitrogen and oxygen atoms in total. The van der Waals surface area contributed by atoms with Gasteiger partial charge in [0.15, 0.2) is 0 Å². The van der Waals surface area contributed by atoms with Crippen LogP contribution in [-0.2, 0) is 36.0 Å². The van der Waals surface area contributed by atoms with Crippen LogP contribution in [0.25, 0.3) is 90.9 Å². The largest absolute Gasteiger partial charge is 2.00 e. The quantitative estimate of drug-likeness (QED) is 0.0713. The minimum absolute atomic E-state index is 0. The van der Waals surface area contributed by atoms with Crippen LogP contribution in [0.15, 0.2) is 97.1 Å². The van der Waals surface area contributed by atoms with Crippen molar-refractivity contribution < 1.29 is 54.9 Å². The minimum atomic E-state index is -0.666. The van der Waals surface area contributed by atoms with Crippen LogP contribution in [-0.4, -0.2) is 62.0 Å². The summed E-state index contributed by atoms with van der Waals surface area (Å²) in [5, 5.41) is 13.3. The number of hydrogen-bond acceptors (Lipinski definition) is 10. The molecular weight excluding hydrogens is 1180 g/mol. The van der Waals surface area contributed by atoms with E-state index >= 15 is 0 Å². The molecule has 90 heavy (non-hydrogen) atoms. The van der Waals surface area contributed by atoms with Crippen molar-refractivity contribution in [3.8, 4) is 67.5 Å². The fourth-order valence-corrected chi connectivity index (χ4v) is 13.3. The molecule has 17 heteroatoms. The zero-order chi connectivity index (χ0) is 62.9. The summed E-state index contributed by atoms with van der Waals surface area (Å²) in [4.78, 5) is 80.4. The number of methoxy groups -OCH3 is 4. The molecule has 7 aromatic rings. The third-order valence-electron chi connectivity index (χ3n) is 19.8. The van der Waals surface area contributed by atoms with Gasteiger partial charge in [-0.15, -0.1) is 22.1 Å². The number of carbonyl (C=O) groups excluding carboxylic acids is 4. The third-order valence-corrected chi connectivity index (χ3v) is 19.8. The van der Waals surface area contributed by atoms with Crippen molar-refractivity contribution in [1.29, 1.82) is 0 Å². The van der Waals surface area contributed by atoms with Gasteiger partial charge in [0.25, 0.3) is 0 Å². The van der Waals surface area contributed by atoms with Crippen molar-refractivity contribution in [2.45, 2.75) is 88.0 Å². The van der Waals surface area contributed by atoms with Crippen molar-refractivity contribution in [2.24, 2.45) is 44.8 Å². The number of anilines is 4. The average Bonchev–Trinajstić information content (AvgIpc) is 1.56. The molecule has 5 heterocycles. The molecule has 463 valence electrons. The first-order valence-corrected chi connectivity index (χ1v) is 30.4. The van der Waals surface area contributed by atoms with Crippen LogP contribution in [0.1, 0.15) is 111 Å². The van der Waals surface area contributed by atoms with E-state index in [1.54, 1.807) is 28.4 Å². The van der Waals surface area contributed by atoms with Gasteiger partial charge in [-0.25, -0.2) is 9.97 Å². The summed E-state index contributed by atoms with van der Waals surface area (Å²) in [5.74, 6) is 0.667. The number of ether oxygens (including phenoxy) is 4. The summed E-state index contributed by atoms with van der Waals surface area (Å²) in [6, 6.07) is 29.9. The Morgan fingerprint density at radius 3 is 0.911 bits per heavy atom. The van der Waals surface area contributed by atoms with Crippen molar-refractivity contribution in [3.05, 3.63) is 120 Å². The predicted molar refractivity (Wildman–Crippen MR) is 351 cm³/mol. The second-order valence-electron chi connectivity index (χ2n) is 27.4. The van der Waals surface area contributed by atoms with E-state index in [2.05, 4.69) is 76.7 Å². The average molecular weight is 1250 g/mol. The number of nitrogens with zero attached hydrogens (tertiary/aromatic N) is 4. The topological polar surface area (TPSA) is 207 Å². The molecule has 13 rings (SSSR count). The predicted octanol–water partition coefficient (Wildman–Crippen LogP) is 14.9. The fourth-order valence-electron chi connectivity index (χ4n) is 13.3. The van der Waals surface area contributed by atoms with Crippen molar-refractivity contribution >= 4 is 92.7 Å². The Balaban J connectivity index is 0.00000785. The zero-order valence-corrected chi connectivity index (χ0v) is 54.0. The standard InChI is InChI=1S/C73H76N8O8.Co/c1-69(2)34-38(69)65(82)78-41-18-14-19-42(79-66(83)39-35-70(39,3)4)57(41)59-45-26-30-49(74-45)61(63-53(86-10)22-16-23-54(63)87-11)51-32-28-47(76-51)60(48-29-33-52(77-48)62(50-31-27-46(59)75-50)64-55(88-12)24-17-25-56(64)89-13)58-43(80-67(84)40-36-71(40,5)6)20-15-21-44(58)81-68(85)73(9)37-72(73,7)8;/h14-33,38-40H,34-37H2,1-13H3,(H6,74,75,76,77,78,79,80,81,82,83,84,85);/q;+2/p-2/t38-,39-,40-,73-;/m1./s1. The van der Waals surface area contributed by atoms with Crippen LogP contribution in [0.5, 0.6) is 23.0 Å². The van der Waals surface area contributed by atoms with E-state index in [1.807, 2.05) is 128 Å². The summed E-state index contributed by atoms with van der Waals surface area (Å²) in [7, 11) is 6.40. The molecule has 0 saturated heterocycles. The monoisotopic (exact) mass is 1250 g/mol. The van der Waals surface area contributed by atoms with Crippen LogP contribution in [0, 0.1) is 44.8 Å². The molecule has 4 amide bonds. The number of aromatic nitrogens is 4. The number of rotatable bonds is 16. The van der Waals surface area contributed by atoms with Gasteiger partial charge in [-0.1, -0.05) is 111 Å². The summed E-state index contributed by atoms with van der Waals surface area (Å²) in [5.41, 5.74) is 8.34. The normalized spacial score (nSPS) is 20.4. The molecule has 1 radical (unpaired) electrons. The Morgan fingerprint density at radius 1 is 0.400 bits per heavy atom. The van der Waals surface area contributed by atoms with Gasteiger partial charge in [0.1, 0.15) is 23.0 Å².